The number of rotatable bonds is 5. The predicted octanol–water partition coefficient (Wildman–Crippen LogP) is 3.92. The van der Waals surface area contributed by atoms with Gasteiger partial charge in [0.05, 0.1) is 0 Å². The maximum absolute atomic E-state index is 13.3. The topological polar surface area (TPSA) is 42.2 Å². The van der Waals surface area contributed by atoms with Crippen LogP contribution in [0.4, 0.5) is 4.39 Å². The summed E-state index contributed by atoms with van der Waals surface area (Å²) in [5.74, 6) is 0.353. The van der Waals surface area contributed by atoms with E-state index in [4.69, 9.17) is 14.7 Å². The Morgan fingerprint density at radius 1 is 1.10 bits per heavy atom. The zero-order valence-corrected chi connectivity index (χ0v) is 12.1. The molecule has 0 saturated heterocycles. The molecule has 5 heteroatoms. The van der Waals surface area contributed by atoms with E-state index in [0.717, 1.165) is 4.47 Å². The van der Waals surface area contributed by atoms with Crippen molar-refractivity contribution in [3.63, 3.8) is 0 Å². The van der Waals surface area contributed by atoms with Crippen LogP contribution in [0.2, 0.25) is 0 Å². The zero-order chi connectivity index (χ0) is 14.4. The molecule has 0 amide bonds. The minimum atomic E-state index is -0.585. The molecule has 2 aromatic carbocycles. The third kappa shape index (κ3) is 3.72. The summed E-state index contributed by atoms with van der Waals surface area (Å²) < 4.78 is 25.1. The largest absolute Gasteiger partial charge is 0.490 e. The Kier molecular flexibility index (Phi) is 4.97. The van der Waals surface area contributed by atoms with Gasteiger partial charge in [0.1, 0.15) is 42.2 Å². The number of nitrogens with zero attached hydrogens (tertiary/aromatic N) is 1. The fourth-order valence-electron chi connectivity index (χ4n) is 1.60. The molecule has 0 fully saturated rings. The Hall–Kier alpha value is -2.06. The highest BCUT2D eigenvalue weighted by atomic mass is 79.9. The molecular weight excluding hydrogens is 325 g/mol. The van der Waals surface area contributed by atoms with E-state index in [-0.39, 0.29) is 17.9 Å². The van der Waals surface area contributed by atoms with E-state index in [2.05, 4.69) is 15.9 Å². The van der Waals surface area contributed by atoms with E-state index in [1.54, 1.807) is 12.1 Å². The van der Waals surface area contributed by atoms with E-state index >= 15 is 0 Å². The van der Waals surface area contributed by atoms with Gasteiger partial charge in [0.15, 0.2) is 0 Å². The average Bonchev–Trinajstić information content (AvgIpc) is 2.44. The first-order valence-electron chi connectivity index (χ1n) is 5.90. The summed E-state index contributed by atoms with van der Waals surface area (Å²) in [6, 6.07) is 13.5. The Labute approximate surface area is 124 Å². The van der Waals surface area contributed by atoms with Gasteiger partial charge in [0.25, 0.3) is 0 Å². The van der Waals surface area contributed by atoms with Gasteiger partial charge in [0, 0.05) is 4.47 Å². The molecule has 0 unspecified atom stereocenters. The minimum absolute atomic E-state index is 0.0880. The van der Waals surface area contributed by atoms with Crippen LogP contribution in [-0.2, 0) is 0 Å². The van der Waals surface area contributed by atoms with Crippen molar-refractivity contribution in [1.29, 1.82) is 5.26 Å². The Bertz CT molecular complexity index is 640. The first-order chi connectivity index (χ1) is 9.70. The third-order valence-corrected chi connectivity index (χ3v) is 2.99. The molecule has 0 aliphatic rings. The van der Waals surface area contributed by atoms with E-state index < -0.39 is 5.82 Å². The summed E-state index contributed by atoms with van der Waals surface area (Å²) in [7, 11) is 0. The van der Waals surface area contributed by atoms with Crippen LogP contribution in [0.25, 0.3) is 0 Å². The number of benzene rings is 2. The standard InChI is InChI=1S/C15H11BrFNO2/c16-11-3-1-4-12(9-11)19-7-8-20-15-6-2-5-14(17)13(15)10-18/h1-6,9H,7-8H2. The maximum atomic E-state index is 13.3. The number of ether oxygens (including phenoxy) is 2. The van der Waals surface area contributed by atoms with Crippen LogP contribution in [-0.4, -0.2) is 13.2 Å². The second-order valence-electron chi connectivity index (χ2n) is 3.88. The molecule has 0 atom stereocenters. The van der Waals surface area contributed by atoms with Crippen molar-refractivity contribution >= 4 is 15.9 Å². The van der Waals surface area contributed by atoms with Crippen LogP contribution in [0.5, 0.6) is 11.5 Å². The molecule has 0 aromatic heterocycles. The van der Waals surface area contributed by atoms with Gasteiger partial charge in [0.2, 0.25) is 0 Å². The van der Waals surface area contributed by atoms with Crippen LogP contribution in [0.15, 0.2) is 46.9 Å². The lowest BCUT2D eigenvalue weighted by Gasteiger charge is -2.09. The Balaban J connectivity index is 1.88. The SMILES string of the molecule is N#Cc1c(F)cccc1OCCOc1cccc(Br)c1. The second kappa shape index (κ2) is 6.92. The highest BCUT2D eigenvalue weighted by molar-refractivity contribution is 9.10. The molecule has 20 heavy (non-hydrogen) atoms. The molecule has 0 aliphatic heterocycles. The van der Waals surface area contributed by atoms with Crippen molar-refractivity contribution in [3.05, 3.63) is 58.3 Å². The summed E-state index contributed by atoms with van der Waals surface area (Å²) in [6.07, 6.45) is 0. The first kappa shape index (κ1) is 14.4. The van der Waals surface area contributed by atoms with E-state index in [1.807, 2.05) is 24.3 Å². The van der Waals surface area contributed by atoms with Gasteiger partial charge in [-0.3, -0.25) is 0 Å². The molecule has 102 valence electrons. The number of halogens is 2. The summed E-state index contributed by atoms with van der Waals surface area (Å²) in [5, 5.41) is 8.86. The molecule has 0 spiro atoms. The quantitative estimate of drug-likeness (QED) is 0.778. The van der Waals surface area contributed by atoms with E-state index in [9.17, 15) is 4.39 Å². The summed E-state index contributed by atoms with van der Waals surface area (Å²) in [6.45, 7) is 0.530. The molecule has 0 N–H and O–H groups in total. The average molecular weight is 336 g/mol. The first-order valence-corrected chi connectivity index (χ1v) is 6.70. The normalized spacial score (nSPS) is 9.85. The molecule has 0 aliphatic carbocycles. The van der Waals surface area contributed by atoms with Crippen molar-refractivity contribution < 1.29 is 13.9 Å². The molecule has 0 heterocycles. The van der Waals surface area contributed by atoms with E-state index in [1.165, 1.54) is 12.1 Å². The molecule has 3 nitrogen and oxygen atoms in total. The van der Waals surface area contributed by atoms with Gasteiger partial charge in [-0.05, 0) is 30.3 Å². The van der Waals surface area contributed by atoms with Crippen molar-refractivity contribution in [2.24, 2.45) is 0 Å². The van der Waals surface area contributed by atoms with Gasteiger partial charge in [-0.1, -0.05) is 28.1 Å². The lowest BCUT2D eigenvalue weighted by molar-refractivity contribution is 0.216. The number of hydrogen-bond donors (Lipinski definition) is 0. The Morgan fingerprint density at radius 2 is 1.85 bits per heavy atom. The van der Waals surface area contributed by atoms with Gasteiger partial charge >= 0.3 is 0 Å². The van der Waals surface area contributed by atoms with Crippen molar-refractivity contribution in [3.8, 4) is 17.6 Å². The molecule has 0 bridgehead atoms. The zero-order valence-electron chi connectivity index (χ0n) is 10.5. The van der Waals surface area contributed by atoms with Crippen LogP contribution in [0.3, 0.4) is 0 Å². The third-order valence-electron chi connectivity index (χ3n) is 2.49. The number of hydrogen-bond acceptors (Lipinski definition) is 3. The van der Waals surface area contributed by atoms with Crippen LogP contribution >= 0.6 is 15.9 Å². The monoisotopic (exact) mass is 335 g/mol. The molecule has 2 rings (SSSR count). The smallest absolute Gasteiger partial charge is 0.144 e. The van der Waals surface area contributed by atoms with Gasteiger partial charge in [-0.15, -0.1) is 0 Å². The summed E-state index contributed by atoms with van der Waals surface area (Å²) in [4.78, 5) is 0. The highest BCUT2D eigenvalue weighted by Gasteiger charge is 2.08. The second-order valence-corrected chi connectivity index (χ2v) is 4.79. The lowest BCUT2D eigenvalue weighted by atomic mass is 10.2. The Morgan fingerprint density at radius 3 is 2.60 bits per heavy atom. The predicted molar refractivity (Wildman–Crippen MR) is 76.2 cm³/mol. The number of nitriles is 1. The molecule has 0 radical (unpaired) electrons. The van der Waals surface area contributed by atoms with Gasteiger partial charge in [-0.2, -0.15) is 5.26 Å². The fraction of sp³-hybridized carbons (Fsp3) is 0.133. The molecule has 2 aromatic rings. The van der Waals surface area contributed by atoms with Crippen LogP contribution < -0.4 is 9.47 Å². The van der Waals surface area contributed by atoms with Crippen molar-refractivity contribution in [2.75, 3.05) is 13.2 Å². The highest BCUT2D eigenvalue weighted by Crippen LogP contribution is 2.21. The summed E-state index contributed by atoms with van der Waals surface area (Å²) in [5.41, 5.74) is -0.0880. The van der Waals surface area contributed by atoms with E-state index in [0.29, 0.717) is 12.4 Å². The van der Waals surface area contributed by atoms with Crippen LogP contribution in [0.1, 0.15) is 5.56 Å². The summed E-state index contributed by atoms with van der Waals surface area (Å²) >= 11 is 3.35. The van der Waals surface area contributed by atoms with Crippen molar-refractivity contribution in [1.82, 2.24) is 0 Å². The maximum Gasteiger partial charge on any atom is 0.144 e. The van der Waals surface area contributed by atoms with Crippen LogP contribution in [0, 0.1) is 17.1 Å². The van der Waals surface area contributed by atoms with Gasteiger partial charge < -0.3 is 9.47 Å². The molecule has 0 saturated carbocycles. The van der Waals surface area contributed by atoms with Gasteiger partial charge in [-0.25, -0.2) is 4.39 Å². The van der Waals surface area contributed by atoms with Crippen molar-refractivity contribution in [2.45, 2.75) is 0 Å². The molecular formula is C15H11BrFNO2. The fourth-order valence-corrected chi connectivity index (χ4v) is 1.98. The minimum Gasteiger partial charge on any atom is -0.490 e. The lowest BCUT2D eigenvalue weighted by Crippen LogP contribution is -2.10.